The Kier molecular flexibility index (Phi) is 9.77. The average molecular weight is 612 g/mol. The quantitative estimate of drug-likeness (QED) is 0.276. The summed E-state index contributed by atoms with van der Waals surface area (Å²) < 4.78 is 14.3. The zero-order valence-corrected chi connectivity index (χ0v) is 29.6. The topological polar surface area (TPSA) is 90.3 Å². The number of ether oxygens (including phenoxy) is 1. The minimum atomic E-state index is -1.79. The lowest BCUT2D eigenvalue weighted by molar-refractivity contribution is 0.0449. The minimum Gasteiger partial charge on any atom is -0.444 e. The largest absolute Gasteiger partial charge is 0.444 e. The molecule has 8 nitrogen and oxygen atoms in total. The molecule has 240 valence electrons. The normalized spacial score (nSPS) is 23.1. The number of alkyl carbamates (subject to hydrolysis) is 1. The van der Waals surface area contributed by atoms with Gasteiger partial charge in [0.25, 0.3) is 0 Å². The van der Waals surface area contributed by atoms with Crippen LogP contribution in [0, 0.1) is 5.92 Å². The molecule has 1 amide bonds. The Morgan fingerprint density at radius 1 is 1.02 bits per heavy atom. The van der Waals surface area contributed by atoms with Crippen LogP contribution in [0.15, 0.2) is 24.4 Å². The molecule has 4 rings (SSSR count). The second-order valence-electron chi connectivity index (χ2n) is 16.4. The number of aryl methyl sites for hydroxylation is 1. The Morgan fingerprint density at radius 3 is 2.35 bits per heavy atom. The summed E-state index contributed by atoms with van der Waals surface area (Å²) in [4.78, 5) is 16.7. The Labute approximate surface area is 261 Å². The number of pyridine rings is 1. The molecule has 0 spiro atoms. The van der Waals surface area contributed by atoms with Crippen LogP contribution in [-0.4, -0.2) is 46.9 Å². The van der Waals surface area contributed by atoms with Gasteiger partial charge in [-0.25, -0.2) is 9.48 Å². The van der Waals surface area contributed by atoms with Crippen molar-refractivity contribution < 1.29 is 14.0 Å². The van der Waals surface area contributed by atoms with Gasteiger partial charge >= 0.3 is 6.09 Å². The third-order valence-corrected chi connectivity index (χ3v) is 13.8. The van der Waals surface area contributed by atoms with Crippen molar-refractivity contribution in [1.82, 2.24) is 20.1 Å². The van der Waals surface area contributed by atoms with Crippen molar-refractivity contribution in [1.29, 1.82) is 0 Å². The van der Waals surface area contributed by atoms with Crippen molar-refractivity contribution >= 4 is 25.9 Å². The van der Waals surface area contributed by atoms with E-state index in [0.717, 1.165) is 67.8 Å². The number of carbonyl (C=O) groups excluding carboxylic acids is 1. The highest BCUT2D eigenvalue weighted by Crippen LogP contribution is 2.43. The first kappa shape index (κ1) is 33.5. The van der Waals surface area contributed by atoms with Crippen molar-refractivity contribution in [2.45, 2.75) is 155 Å². The summed E-state index contributed by atoms with van der Waals surface area (Å²) in [5, 5.41) is 12.0. The molecule has 0 saturated heterocycles. The van der Waals surface area contributed by atoms with Gasteiger partial charge < -0.3 is 19.8 Å². The van der Waals surface area contributed by atoms with Crippen LogP contribution in [-0.2, 0) is 21.1 Å². The maximum atomic E-state index is 12.0. The number of amides is 1. The summed E-state index contributed by atoms with van der Waals surface area (Å²) in [6.45, 7) is 23.9. The first-order chi connectivity index (χ1) is 19.8. The third kappa shape index (κ3) is 9.07. The predicted octanol–water partition coefficient (Wildman–Crippen LogP) is 8.67. The standard InChI is InChI=1S/C34H57N5O3Si/c1-32(2,3)39-30(22-29(38-39)24-13-15-28(20-24)42-43(10,11)34(7,8)9)36-26-16-17-35-25(21-26)14-12-23-18-27(19-23)37-31(40)41-33(4,5)6/h16-17,21-24,27-28H,12-15,18-20H2,1-11H3,(H,35,36)(H,37,40)/t23?,24-,27?,28+/m0/s1. The van der Waals surface area contributed by atoms with E-state index in [2.05, 4.69) is 87.1 Å². The maximum Gasteiger partial charge on any atom is 0.407 e. The molecule has 2 aromatic heterocycles. The van der Waals surface area contributed by atoms with Crippen molar-refractivity contribution in [3.8, 4) is 0 Å². The van der Waals surface area contributed by atoms with Gasteiger partial charge in [0.1, 0.15) is 11.4 Å². The molecule has 43 heavy (non-hydrogen) atoms. The van der Waals surface area contributed by atoms with E-state index in [1.807, 2.05) is 33.0 Å². The van der Waals surface area contributed by atoms with Crippen LogP contribution in [0.3, 0.4) is 0 Å². The Hall–Kier alpha value is -2.39. The van der Waals surface area contributed by atoms with E-state index in [9.17, 15) is 4.79 Å². The average Bonchev–Trinajstić information content (AvgIpc) is 3.45. The van der Waals surface area contributed by atoms with Gasteiger partial charge in [0, 0.05) is 41.7 Å². The van der Waals surface area contributed by atoms with Gasteiger partial charge in [-0.3, -0.25) is 4.98 Å². The maximum absolute atomic E-state index is 12.0. The molecule has 2 aromatic rings. The summed E-state index contributed by atoms with van der Waals surface area (Å²) >= 11 is 0. The molecule has 2 saturated carbocycles. The molecule has 0 unspecified atom stereocenters. The van der Waals surface area contributed by atoms with Crippen molar-refractivity contribution in [2.75, 3.05) is 5.32 Å². The lowest BCUT2D eigenvalue weighted by Gasteiger charge is -2.38. The fourth-order valence-electron chi connectivity index (χ4n) is 5.86. The third-order valence-electron chi connectivity index (χ3n) is 9.29. The monoisotopic (exact) mass is 611 g/mol. The number of nitrogens with one attached hydrogen (secondary N) is 2. The molecule has 9 heteroatoms. The van der Waals surface area contributed by atoms with Gasteiger partial charge in [-0.15, -0.1) is 0 Å². The van der Waals surface area contributed by atoms with Crippen molar-refractivity contribution in [3.05, 3.63) is 35.8 Å². The van der Waals surface area contributed by atoms with Crippen LogP contribution in [0.2, 0.25) is 18.1 Å². The van der Waals surface area contributed by atoms with Gasteiger partial charge in [0.05, 0.1) is 11.2 Å². The van der Waals surface area contributed by atoms with Crippen LogP contribution in [0.1, 0.15) is 118 Å². The Bertz CT molecular complexity index is 1250. The van der Waals surface area contributed by atoms with E-state index in [-0.39, 0.29) is 22.7 Å². The molecule has 0 aliphatic heterocycles. The van der Waals surface area contributed by atoms with E-state index in [4.69, 9.17) is 14.3 Å². The number of aromatic nitrogens is 3. The highest BCUT2D eigenvalue weighted by Gasteiger charge is 2.41. The molecular formula is C34H57N5O3Si. The van der Waals surface area contributed by atoms with Gasteiger partial charge in [0.15, 0.2) is 8.32 Å². The van der Waals surface area contributed by atoms with Gasteiger partial charge in [-0.1, -0.05) is 20.8 Å². The molecule has 2 heterocycles. The van der Waals surface area contributed by atoms with Crippen LogP contribution >= 0.6 is 0 Å². The first-order valence-electron chi connectivity index (χ1n) is 16.3. The van der Waals surface area contributed by atoms with Crippen molar-refractivity contribution in [3.63, 3.8) is 0 Å². The van der Waals surface area contributed by atoms with Crippen LogP contribution in [0.25, 0.3) is 0 Å². The highest BCUT2D eigenvalue weighted by molar-refractivity contribution is 6.74. The number of hydrogen-bond donors (Lipinski definition) is 2. The number of anilines is 2. The Balaban J connectivity index is 1.34. The first-order valence-corrected chi connectivity index (χ1v) is 19.2. The molecule has 2 fully saturated rings. The zero-order valence-electron chi connectivity index (χ0n) is 28.6. The lowest BCUT2D eigenvalue weighted by atomic mass is 9.77. The summed E-state index contributed by atoms with van der Waals surface area (Å²) in [5.74, 6) is 2.03. The smallest absolute Gasteiger partial charge is 0.407 e. The molecule has 2 aliphatic rings. The molecule has 2 aliphatic carbocycles. The summed E-state index contributed by atoms with van der Waals surface area (Å²) in [7, 11) is -1.79. The summed E-state index contributed by atoms with van der Waals surface area (Å²) in [5.41, 5.74) is 2.65. The van der Waals surface area contributed by atoms with Gasteiger partial charge in [-0.2, -0.15) is 5.10 Å². The van der Waals surface area contributed by atoms with E-state index in [1.54, 1.807) is 0 Å². The summed E-state index contributed by atoms with van der Waals surface area (Å²) in [6.07, 6.45) is 9.13. The molecule has 0 bridgehead atoms. The Morgan fingerprint density at radius 2 is 1.72 bits per heavy atom. The molecule has 2 atom stereocenters. The zero-order chi connectivity index (χ0) is 31.8. The second kappa shape index (κ2) is 12.5. The predicted molar refractivity (Wildman–Crippen MR) is 178 cm³/mol. The van der Waals surface area contributed by atoms with E-state index in [0.29, 0.717) is 17.9 Å². The van der Waals surface area contributed by atoms with E-state index < -0.39 is 13.9 Å². The van der Waals surface area contributed by atoms with E-state index in [1.165, 1.54) is 0 Å². The number of hydrogen-bond acceptors (Lipinski definition) is 6. The van der Waals surface area contributed by atoms with Gasteiger partial charge in [0.2, 0.25) is 0 Å². The fourth-order valence-corrected chi connectivity index (χ4v) is 7.27. The SMILES string of the molecule is CC(C)(C)OC(=O)NC1CC(CCc2cc(Nc3cc([C@H]4CC[C@@H](O[Si](C)(C)C(C)(C)C)C4)nn3C(C)(C)C)ccn2)C1. The van der Waals surface area contributed by atoms with E-state index >= 15 is 0 Å². The minimum absolute atomic E-state index is 0.153. The van der Waals surface area contributed by atoms with Crippen LogP contribution < -0.4 is 10.6 Å². The number of carbonyl (C=O) groups is 1. The summed E-state index contributed by atoms with van der Waals surface area (Å²) in [6, 6.07) is 6.65. The number of nitrogens with zero attached hydrogens (tertiary/aromatic N) is 3. The second-order valence-corrected chi connectivity index (χ2v) is 21.2. The highest BCUT2D eigenvalue weighted by atomic mass is 28.4. The molecule has 0 aromatic carbocycles. The molecule has 0 radical (unpaired) electrons. The van der Waals surface area contributed by atoms with Crippen molar-refractivity contribution in [2.24, 2.45) is 5.92 Å². The molecule has 2 N–H and O–H groups in total. The van der Waals surface area contributed by atoms with Crippen LogP contribution in [0.4, 0.5) is 16.3 Å². The van der Waals surface area contributed by atoms with Crippen LogP contribution in [0.5, 0.6) is 0 Å². The lowest BCUT2D eigenvalue weighted by Crippen LogP contribution is -2.46. The fraction of sp³-hybridized carbons (Fsp3) is 0.735. The molecular weight excluding hydrogens is 554 g/mol. The number of rotatable bonds is 9. The van der Waals surface area contributed by atoms with Gasteiger partial charge in [-0.05, 0) is 123 Å².